The zero-order chi connectivity index (χ0) is 10.1. The van der Waals surface area contributed by atoms with Crippen LogP contribution in [0.3, 0.4) is 0 Å². The van der Waals surface area contributed by atoms with Gasteiger partial charge < -0.3 is 5.32 Å². The van der Waals surface area contributed by atoms with Crippen molar-refractivity contribution in [2.24, 2.45) is 0 Å². The van der Waals surface area contributed by atoms with Crippen LogP contribution in [0.5, 0.6) is 0 Å². The molecule has 15 heavy (non-hydrogen) atoms. The van der Waals surface area contributed by atoms with E-state index in [2.05, 4.69) is 45.8 Å². The molecule has 2 atom stereocenters. The Morgan fingerprint density at radius 3 is 2.80 bits per heavy atom. The summed E-state index contributed by atoms with van der Waals surface area (Å²) in [6.07, 6.45) is 2.98. The molecule has 1 aliphatic rings. The molecular weight excluding hydrogens is 186 g/mol. The lowest BCUT2D eigenvalue weighted by atomic mass is 10.1. The molecule has 1 heterocycles. The maximum absolute atomic E-state index is 3.91. The maximum Gasteiger partial charge on any atom is 0.121 e. The van der Waals surface area contributed by atoms with Crippen LogP contribution in [-0.4, -0.2) is 16.2 Å². The van der Waals surface area contributed by atoms with Crippen molar-refractivity contribution in [3.63, 3.8) is 0 Å². The van der Waals surface area contributed by atoms with E-state index in [0.29, 0.717) is 12.0 Å². The van der Waals surface area contributed by atoms with Crippen molar-refractivity contribution in [2.75, 3.05) is 5.32 Å². The highest BCUT2D eigenvalue weighted by molar-refractivity contribution is 5.40. The van der Waals surface area contributed by atoms with Crippen LogP contribution in [0.15, 0.2) is 42.6 Å². The third-order valence-corrected chi connectivity index (χ3v) is 2.86. The van der Waals surface area contributed by atoms with Gasteiger partial charge in [0, 0.05) is 12.0 Å². The number of hydrogen-bond acceptors (Lipinski definition) is 2. The third-order valence-electron chi connectivity index (χ3n) is 2.86. The van der Waals surface area contributed by atoms with E-state index in [1.807, 2.05) is 6.07 Å². The molecule has 0 spiro atoms. The Kier molecular flexibility index (Phi) is 1.95. The fourth-order valence-corrected chi connectivity index (χ4v) is 1.96. The molecule has 0 saturated heterocycles. The fraction of sp³-hybridized carbons (Fsp3) is 0.250. The van der Waals surface area contributed by atoms with Crippen LogP contribution in [0.1, 0.15) is 17.9 Å². The van der Waals surface area contributed by atoms with E-state index < -0.39 is 0 Å². The summed E-state index contributed by atoms with van der Waals surface area (Å²) in [7, 11) is 0. The standard InChI is InChI=1S/C12H13N3/c1-2-4-9(5-3-1)10-8-11(10)14-12-6-7-13-15-12/h1-7,10-11H,8H2,(H2,13,14,15). The summed E-state index contributed by atoms with van der Waals surface area (Å²) in [5.74, 6) is 1.67. The second-order valence-electron chi connectivity index (χ2n) is 3.97. The molecule has 0 radical (unpaired) electrons. The minimum atomic E-state index is 0.563. The van der Waals surface area contributed by atoms with Crippen LogP contribution in [0.2, 0.25) is 0 Å². The van der Waals surface area contributed by atoms with Gasteiger partial charge in [-0.1, -0.05) is 30.3 Å². The number of rotatable bonds is 3. The molecule has 2 N–H and O–H groups in total. The second kappa shape index (κ2) is 3.42. The minimum absolute atomic E-state index is 0.563. The van der Waals surface area contributed by atoms with Gasteiger partial charge in [0.1, 0.15) is 5.82 Å². The molecule has 3 rings (SSSR count). The van der Waals surface area contributed by atoms with Gasteiger partial charge in [0.05, 0.1) is 6.20 Å². The summed E-state index contributed by atoms with van der Waals surface area (Å²) < 4.78 is 0. The molecule has 3 heteroatoms. The van der Waals surface area contributed by atoms with Gasteiger partial charge in [0.15, 0.2) is 0 Å². The normalized spacial score (nSPS) is 23.7. The zero-order valence-corrected chi connectivity index (χ0v) is 8.35. The van der Waals surface area contributed by atoms with Gasteiger partial charge in [-0.3, -0.25) is 5.10 Å². The topological polar surface area (TPSA) is 40.7 Å². The number of nitrogens with zero attached hydrogens (tertiary/aromatic N) is 1. The highest BCUT2D eigenvalue weighted by Gasteiger charge is 2.38. The summed E-state index contributed by atoms with van der Waals surface area (Å²) in [4.78, 5) is 0. The van der Waals surface area contributed by atoms with Gasteiger partial charge in [0.25, 0.3) is 0 Å². The lowest BCUT2D eigenvalue weighted by molar-refractivity contribution is 1.01. The molecule has 2 aromatic rings. The Morgan fingerprint density at radius 2 is 2.07 bits per heavy atom. The summed E-state index contributed by atoms with van der Waals surface area (Å²) in [5.41, 5.74) is 1.43. The van der Waals surface area contributed by atoms with Gasteiger partial charge in [-0.15, -0.1) is 0 Å². The summed E-state index contributed by atoms with van der Waals surface area (Å²) in [6, 6.07) is 13.2. The first kappa shape index (κ1) is 8.53. The zero-order valence-electron chi connectivity index (χ0n) is 8.35. The number of hydrogen-bond donors (Lipinski definition) is 2. The molecular formula is C12H13N3. The van der Waals surface area contributed by atoms with E-state index in [9.17, 15) is 0 Å². The fourth-order valence-electron chi connectivity index (χ4n) is 1.96. The van der Waals surface area contributed by atoms with Crippen LogP contribution in [0, 0.1) is 0 Å². The van der Waals surface area contributed by atoms with Gasteiger partial charge in [-0.05, 0) is 18.1 Å². The molecule has 1 saturated carbocycles. The molecule has 2 unspecified atom stereocenters. The Bertz CT molecular complexity index is 421. The highest BCUT2D eigenvalue weighted by atomic mass is 15.2. The van der Waals surface area contributed by atoms with E-state index in [1.165, 1.54) is 12.0 Å². The minimum Gasteiger partial charge on any atom is -0.367 e. The molecule has 1 aliphatic carbocycles. The number of benzene rings is 1. The van der Waals surface area contributed by atoms with E-state index in [4.69, 9.17) is 0 Å². The van der Waals surface area contributed by atoms with E-state index in [1.54, 1.807) is 6.20 Å². The molecule has 0 bridgehead atoms. The quantitative estimate of drug-likeness (QED) is 0.796. The third kappa shape index (κ3) is 1.73. The summed E-state index contributed by atoms with van der Waals surface area (Å²) in [6.45, 7) is 0. The Morgan fingerprint density at radius 1 is 1.20 bits per heavy atom. The van der Waals surface area contributed by atoms with E-state index in [0.717, 1.165) is 5.82 Å². The van der Waals surface area contributed by atoms with Crippen molar-refractivity contribution in [1.29, 1.82) is 0 Å². The van der Waals surface area contributed by atoms with Gasteiger partial charge in [-0.2, -0.15) is 5.10 Å². The molecule has 0 aliphatic heterocycles. The van der Waals surface area contributed by atoms with Crippen molar-refractivity contribution in [3.8, 4) is 0 Å². The smallest absolute Gasteiger partial charge is 0.121 e. The van der Waals surface area contributed by atoms with E-state index >= 15 is 0 Å². The van der Waals surface area contributed by atoms with Crippen LogP contribution in [-0.2, 0) is 0 Å². The average Bonchev–Trinajstić information content (AvgIpc) is 2.84. The van der Waals surface area contributed by atoms with Gasteiger partial charge in [0.2, 0.25) is 0 Å². The predicted octanol–water partition coefficient (Wildman–Crippen LogP) is 2.38. The van der Waals surface area contributed by atoms with Crippen molar-refractivity contribution in [2.45, 2.75) is 18.4 Å². The van der Waals surface area contributed by atoms with E-state index in [-0.39, 0.29) is 0 Å². The molecule has 1 fully saturated rings. The first-order chi connectivity index (χ1) is 7.43. The van der Waals surface area contributed by atoms with Crippen molar-refractivity contribution in [3.05, 3.63) is 48.2 Å². The Balaban J connectivity index is 1.65. The van der Waals surface area contributed by atoms with Gasteiger partial charge >= 0.3 is 0 Å². The van der Waals surface area contributed by atoms with Crippen LogP contribution in [0.25, 0.3) is 0 Å². The number of H-pyrrole nitrogens is 1. The number of anilines is 1. The molecule has 1 aromatic carbocycles. The lowest BCUT2D eigenvalue weighted by Crippen LogP contribution is -2.04. The number of aromatic nitrogens is 2. The largest absolute Gasteiger partial charge is 0.367 e. The summed E-state index contributed by atoms with van der Waals surface area (Å²) in [5, 5.41) is 10.3. The second-order valence-corrected chi connectivity index (χ2v) is 3.97. The Labute approximate surface area is 88.5 Å². The van der Waals surface area contributed by atoms with Gasteiger partial charge in [-0.25, -0.2) is 0 Å². The Hall–Kier alpha value is -1.77. The monoisotopic (exact) mass is 199 g/mol. The van der Waals surface area contributed by atoms with Crippen molar-refractivity contribution < 1.29 is 0 Å². The van der Waals surface area contributed by atoms with Crippen molar-refractivity contribution in [1.82, 2.24) is 10.2 Å². The predicted molar refractivity (Wildman–Crippen MR) is 59.8 cm³/mol. The maximum atomic E-state index is 3.91. The van der Waals surface area contributed by atoms with Crippen LogP contribution >= 0.6 is 0 Å². The molecule has 0 amide bonds. The lowest BCUT2D eigenvalue weighted by Gasteiger charge is -2.02. The molecule has 3 nitrogen and oxygen atoms in total. The van der Waals surface area contributed by atoms with Crippen LogP contribution < -0.4 is 5.32 Å². The summed E-state index contributed by atoms with van der Waals surface area (Å²) >= 11 is 0. The average molecular weight is 199 g/mol. The van der Waals surface area contributed by atoms with Crippen LogP contribution in [0.4, 0.5) is 5.82 Å². The number of aromatic amines is 1. The van der Waals surface area contributed by atoms with Crippen molar-refractivity contribution >= 4 is 5.82 Å². The highest BCUT2D eigenvalue weighted by Crippen LogP contribution is 2.42. The first-order valence-corrected chi connectivity index (χ1v) is 5.24. The SMILES string of the molecule is c1ccc(C2CC2Nc2ccn[nH]2)cc1. The first-order valence-electron chi connectivity index (χ1n) is 5.24. The number of nitrogens with one attached hydrogen (secondary N) is 2. The molecule has 1 aromatic heterocycles. The molecule has 76 valence electrons.